The zero-order valence-electron chi connectivity index (χ0n) is 16.4. The van der Waals surface area contributed by atoms with Gasteiger partial charge in [0.2, 0.25) is 0 Å². The Morgan fingerprint density at radius 2 is 2.00 bits per heavy atom. The maximum absolute atomic E-state index is 12.7. The lowest BCUT2D eigenvalue weighted by atomic mass is 10.1. The predicted octanol–water partition coefficient (Wildman–Crippen LogP) is 4.06. The van der Waals surface area contributed by atoms with Crippen molar-refractivity contribution in [3.05, 3.63) is 75.7 Å². The summed E-state index contributed by atoms with van der Waals surface area (Å²) in [6, 6.07) is 15.4. The first kappa shape index (κ1) is 19.3. The lowest BCUT2D eigenvalue weighted by Gasteiger charge is -2.28. The minimum atomic E-state index is -0.213. The number of fused-ring (bicyclic) bond motifs is 1. The largest absolute Gasteiger partial charge is 0.322 e. The summed E-state index contributed by atoms with van der Waals surface area (Å²) in [5.41, 5.74) is 3.86. The second-order valence-electron chi connectivity index (χ2n) is 7.04. The van der Waals surface area contributed by atoms with E-state index in [4.69, 9.17) is 0 Å². The maximum atomic E-state index is 12.7. The van der Waals surface area contributed by atoms with Crippen LogP contribution in [0, 0.1) is 6.92 Å². The second kappa shape index (κ2) is 8.13. The number of carbonyl (C=O) groups is 1. The van der Waals surface area contributed by atoms with Crippen LogP contribution in [0.1, 0.15) is 16.8 Å². The van der Waals surface area contributed by atoms with Crippen molar-refractivity contribution in [3.63, 3.8) is 0 Å². The van der Waals surface area contributed by atoms with Gasteiger partial charge in [-0.15, -0.1) is 11.8 Å². The number of anilines is 1. The first-order valence-electron chi connectivity index (χ1n) is 9.42. The third-order valence-electron chi connectivity index (χ3n) is 4.99. The smallest absolute Gasteiger partial charge is 0.320 e. The summed E-state index contributed by atoms with van der Waals surface area (Å²) >= 11 is 1.65. The SMILES string of the molecule is CSc1ccc(NC(=O)N2CCc3nc(-c4cccc(C)c4)[nH]c(=O)c3C2)cc1. The van der Waals surface area contributed by atoms with Gasteiger partial charge in [-0.1, -0.05) is 23.8 Å². The van der Waals surface area contributed by atoms with Crippen LogP contribution < -0.4 is 10.9 Å². The number of hydrogen-bond donors (Lipinski definition) is 2. The molecule has 0 fully saturated rings. The number of hydrogen-bond acceptors (Lipinski definition) is 4. The zero-order chi connectivity index (χ0) is 20.4. The van der Waals surface area contributed by atoms with Crippen molar-refractivity contribution in [2.75, 3.05) is 18.1 Å². The average Bonchev–Trinajstić information content (AvgIpc) is 2.74. The van der Waals surface area contributed by atoms with Gasteiger partial charge in [-0.2, -0.15) is 0 Å². The standard InChI is InChI=1S/C22H22N4O2S/c1-14-4-3-5-15(12-14)20-24-19-10-11-26(13-18(19)21(27)25-20)22(28)23-16-6-8-17(29-2)9-7-16/h3-9,12H,10-11,13H2,1-2H3,(H,23,28)(H,24,25,27). The van der Waals surface area contributed by atoms with Gasteiger partial charge in [0.1, 0.15) is 5.82 Å². The molecule has 148 valence electrons. The summed E-state index contributed by atoms with van der Waals surface area (Å²) in [7, 11) is 0. The van der Waals surface area contributed by atoms with Crippen LogP contribution in [-0.4, -0.2) is 33.7 Å². The zero-order valence-corrected chi connectivity index (χ0v) is 17.2. The van der Waals surface area contributed by atoms with Crippen LogP contribution in [-0.2, 0) is 13.0 Å². The van der Waals surface area contributed by atoms with Crippen LogP contribution in [0.2, 0.25) is 0 Å². The summed E-state index contributed by atoms with van der Waals surface area (Å²) < 4.78 is 0. The van der Waals surface area contributed by atoms with E-state index in [-0.39, 0.29) is 18.1 Å². The van der Waals surface area contributed by atoms with Gasteiger partial charge >= 0.3 is 6.03 Å². The van der Waals surface area contributed by atoms with E-state index in [2.05, 4.69) is 15.3 Å². The van der Waals surface area contributed by atoms with Crippen LogP contribution in [0.5, 0.6) is 0 Å². The molecule has 2 amide bonds. The summed E-state index contributed by atoms with van der Waals surface area (Å²) in [5, 5.41) is 2.90. The molecule has 1 aromatic heterocycles. The molecule has 2 heterocycles. The van der Waals surface area contributed by atoms with Crippen molar-refractivity contribution in [1.82, 2.24) is 14.9 Å². The Labute approximate surface area is 173 Å². The topological polar surface area (TPSA) is 78.1 Å². The molecule has 0 aliphatic carbocycles. The van der Waals surface area contributed by atoms with Crippen molar-refractivity contribution >= 4 is 23.5 Å². The first-order valence-corrected chi connectivity index (χ1v) is 10.6. The number of nitrogens with one attached hydrogen (secondary N) is 2. The molecule has 0 saturated heterocycles. The number of thioether (sulfide) groups is 1. The Morgan fingerprint density at radius 1 is 1.21 bits per heavy atom. The highest BCUT2D eigenvalue weighted by atomic mass is 32.2. The third kappa shape index (κ3) is 4.19. The fourth-order valence-corrected chi connectivity index (χ4v) is 3.81. The third-order valence-corrected chi connectivity index (χ3v) is 5.73. The number of aryl methyl sites for hydroxylation is 1. The molecule has 6 nitrogen and oxygen atoms in total. The molecule has 2 aromatic carbocycles. The van der Waals surface area contributed by atoms with Crippen molar-refractivity contribution < 1.29 is 4.79 Å². The van der Waals surface area contributed by atoms with Gasteiger partial charge in [-0.25, -0.2) is 9.78 Å². The van der Waals surface area contributed by atoms with Gasteiger partial charge in [0.25, 0.3) is 5.56 Å². The molecule has 0 atom stereocenters. The second-order valence-corrected chi connectivity index (χ2v) is 7.92. The van der Waals surface area contributed by atoms with Gasteiger partial charge < -0.3 is 15.2 Å². The summed E-state index contributed by atoms with van der Waals surface area (Å²) in [4.78, 5) is 35.7. The number of amides is 2. The molecule has 7 heteroatoms. The molecular weight excluding hydrogens is 384 g/mol. The number of carbonyl (C=O) groups excluding carboxylic acids is 1. The van der Waals surface area contributed by atoms with E-state index in [9.17, 15) is 9.59 Å². The van der Waals surface area contributed by atoms with Gasteiger partial charge in [0, 0.05) is 29.1 Å². The summed E-state index contributed by atoms with van der Waals surface area (Å²) in [6.45, 7) is 2.77. The van der Waals surface area contributed by atoms with Gasteiger partial charge in [-0.3, -0.25) is 4.79 Å². The number of aromatic nitrogens is 2. The maximum Gasteiger partial charge on any atom is 0.322 e. The van der Waals surface area contributed by atoms with E-state index in [1.807, 2.05) is 61.7 Å². The van der Waals surface area contributed by atoms with E-state index in [1.165, 1.54) is 0 Å². The summed E-state index contributed by atoms with van der Waals surface area (Å²) in [6.07, 6.45) is 2.56. The molecule has 0 saturated carbocycles. The Kier molecular flexibility index (Phi) is 5.40. The fraction of sp³-hybridized carbons (Fsp3) is 0.227. The Morgan fingerprint density at radius 3 is 2.72 bits per heavy atom. The molecular formula is C22H22N4O2S. The molecule has 1 aliphatic heterocycles. The number of rotatable bonds is 3. The molecule has 4 rings (SSSR count). The van der Waals surface area contributed by atoms with Crippen LogP contribution in [0.4, 0.5) is 10.5 Å². The monoisotopic (exact) mass is 406 g/mol. The lowest BCUT2D eigenvalue weighted by Crippen LogP contribution is -2.41. The van der Waals surface area contributed by atoms with Crippen LogP contribution in [0.15, 0.2) is 58.2 Å². The van der Waals surface area contributed by atoms with Crippen molar-refractivity contribution in [1.29, 1.82) is 0 Å². The van der Waals surface area contributed by atoms with E-state index in [0.29, 0.717) is 24.4 Å². The highest BCUT2D eigenvalue weighted by molar-refractivity contribution is 7.98. The van der Waals surface area contributed by atoms with Crippen LogP contribution in [0.3, 0.4) is 0 Å². The van der Waals surface area contributed by atoms with Gasteiger partial charge in [0.15, 0.2) is 0 Å². The van der Waals surface area contributed by atoms with Crippen molar-refractivity contribution in [2.45, 2.75) is 24.8 Å². The minimum absolute atomic E-state index is 0.187. The molecule has 29 heavy (non-hydrogen) atoms. The number of nitrogens with zero attached hydrogens (tertiary/aromatic N) is 2. The van der Waals surface area contributed by atoms with E-state index >= 15 is 0 Å². The Hall–Kier alpha value is -3.06. The molecule has 3 aromatic rings. The Bertz CT molecular complexity index is 1110. The minimum Gasteiger partial charge on any atom is -0.320 e. The van der Waals surface area contributed by atoms with Crippen molar-refractivity contribution in [2.24, 2.45) is 0 Å². The van der Waals surface area contributed by atoms with E-state index in [0.717, 1.165) is 27.4 Å². The first-order chi connectivity index (χ1) is 14.0. The Balaban J connectivity index is 1.52. The molecule has 0 bridgehead atoms. The number of benzene rings is 2. The number of aromatic amines is 1. The van der Waals surface area contributed by atoms with Crippen LogP contribution in [0.25, 0.3) is 11.4 Å². The fourth-order valence-electron chi connectivity index (χ4n) is 3.40. The molecule has 1 aliphatic rings. The average molecular weight is 407 g/mol. The quantitative estimate of drug-likeness (QED) is 0.643. The molecule has 0 unspecified atom stereocenters. The number of urea groups is 1. The van der Waals surface area contributed by atoms with Gasteiger partial charge in [0.05, 0.1) is 17.8 Å². The summed E-state index contributed by atoms with van der Waals surface area (Å²) in [5.74, 6) is 0.573. The molecule has 2 N–H and O–H groups in total. The molecule has 0 spiro atoms. The van der Waals surface area contributed by atoms with Crippen molar-refractivity contribution in [3.8, 4) is 11.4 Å². The highest BCUT2D eigenvalue weighted by Gasteiger charge is 2.25. The predicted molar refractivity (Wildman–Crippen MR) is 116 cm³/mol. The van der Waals surface area contributed by atoms with E-state index in [1.54, 1.807) is 16.7 Å². The normalized spacial score (nSPS) is 13.1. The lowest BCUT2D eigenvalue weighted by molar-refractivity contribution is 0.205. The van der Waals surface area contributed by atoms with Crippen LogP contribution >= 0.6 is 11.8 Å². The van der Waals surface area contributed by atoms with Gasteiger partial charge in [-0.05, 0) is 43.5 Å². The highest BCUT2D eigenvalue weighted by Crippen LogP contribution is 2.21. The van der Waals surface area contributed by atoms with E-state index < -0.39 is 0 Å². The molecule has 0 radical (unpaired) electrons. The number of H-pyrrole nitrogens is 1.